The van der Waals surface area contributed by atoms with Crippen LogP contribution >= 0.6 is 11.8 Å². The van der Waals surface area contributed by atoms with Crippen molar-refractivity contribution >= 4 is 29.6 Å². The molecule has 0 saturated carbocycles. The Hall–Kier alpha value is -1.24. The molecule has 0 radical (unpaired) electrons. The monoisotopic (exact) mass is 387 g/mol. The van der Waals surface area contributed by atoms with Crippen LogP contribution in [-0.2, 0) is 23.9 Å². The lowest BCUT2D eigenvalue weighted by Gasteiger charge is -2.27. The summed E-state index contributed by atoms with van der Waals surface area (Å²) >= 11 is 1.27. The van der Waals surface area contributed by atoms with Crippen molar-refractivity contribution in [2.75, 3.05) is 19.0 Å². The van der Waals surface area contributed by atoms with Gasteiger partial charge in [0.2, 0.25) is 5.91 Å². The second-order valence-electron chi connectivity index (χ2n) is 6.38. The molecule has 0 spiro atoms. The van der Waals surface area contributed by atoms with Crippen LogP contribution in [0, 0.1) is 0 Å². The van der Waals surface area contributed by atoms with E-state index in [4.69, 9.17) is 9.47 Å². The van der Waals surface area contributed by atoms with E-state index in [1.807, 2.05) is 0 Å². The lowest BCUT2D eigenvalue weighted by molar-refractivity contribution is -0.158. The molecule has 0 aromatic heterocycles. The van der Waals surface area contributed by atoms with Gasteiger partial charge in [0.15, 0.2) is 5.37 Å². The Bertz CT molecular complexity index is 431. The number of carbonyl (C=O) groups is 3. The van der Waals surface area contributed by atoms with Crippen LogP contribution in [-0.4, -0.2) is 53.1 Å². The van der Waals surface area contributed by atoms with E-state index < -0.39 is 23.4 Å². The van der Waals surface area contributed by atoms with Gasteiger partial charge in [0.05, 0.1) is 13.2 Å². The number of nitrogens with zero attached hydrogens (tertiary/aromatic N) is 1. The van der Waals surface area contributed by atoms with E-state index in [1.165, 1.54) is 42.3 Å². The number of hydrogen-bond acceptors (Lipinski definition) is 6. The van der Waals surface area contributed by atoms with Crippen molar-refractivity contribution < 1.29 is 23.9 Å². The molecular formula is C19H33NO5S. The molecule has 2 atom stereocenters. The van der Waals surface area contributed by atoms with Gasteiger partial charge in [-0.2, -0.15) is 0 Å². The molecule has 1 aliphatic heterocycles. The first-order chi connectivity index (χ1) is 12.6. The second kappa shape index (κ2) is 13.0. The van der Waals surface area contributed by atoms with Gasteiger partial charge in [-0.05, 0) is 20.3 Å². The lowest BCUT2D eigenvalue weighted by atomic mass is 10.1. The van der Waals surface area contributed by atoms with Crippen LogP contribution < -0.4 is 0 Å². The molecule has 1 fully saturated rings. The van der Waals surface area contributed by atoms with E-state index in [2.05, 4.69) is 6.92 Å². The van der Waals surface area contributed by atoms with Crippen LogP contribution in [0.1, 0.15) is 72.1 Å². The van der Waals surface area contributed by atoms with Crippen LogP contribution in [0.4, 0.5) is 0 Å². The summed E-state index contributed by atoms with van der Waals surface area (Å²) in [6.07, 6.45) is 8.14. The van der Waals surface area contributed by atoms with Crippen LogP contribution in [0.25, 0.3) is 0 Å². The summed E-state index contributed by atoms with van der Waals surface area (Å²) in [5.41, 5.74) is 0. The number of thioether (sulfide) groups is 1. The second-order valence-corrected chi connectivity index (χ2v) is 7.49. The minimum Gasteiger partial charge on any atom is -0.464 e. The molecule has 0 N–H and O–H groups in total. The fourth-order valence-corrected chi connectivity index (χ4v) is 4.28. The van der Waals surface area contributed by atoms with E-state index in [9.17, 15) is 14.4 Å². The molecule has 1 heterocycles. The van der Waals surface area contributed by atoms with Gasteiger partial charge < -0.3 is 14.4 Å². The van der Waals surface area contributed by atoms with Gasteiger partial charge in [-0.15, -0.1) is 11.8 Å². The van der Waals surface area contributed by atoms with Gasteiger partial charge >= 0.3 is 11.9 Å². The van der Waals surface area contributed by atoms with Crippen LogP contribution in [0.2, 0.25) is 0 Å². The van der Waals surface area contributed by atoms with E-state index >= 15 is 0 Å². The van der Waals surface area contributed by atoms with Crippen molar-refractivity contribution in [3.05, 3.63) is 0 Å². The Morgan fingerprint density at radius 1 is 0.885 bits per heavy atom. The minimum absolute atomic E-state index is 0.167. The standard InChI is InChI=1S/C19H33NO5S/c1-4-7-8-9-10-11-12-13-16(21)20-15(18(22)24-5-2)14-26-17(20)19(23)25-6-3/h15,17H,4-14H2,1-3H3. The molecule has 26 heavy (non-hydrogen) atoms. The lowest BCUT2D eigenvalue weighted by Crippen LogP contribution is -2.49. The number of amides is 1. The van der Waals surface area contributed by atoms with Crippen molar-refractivity contribution in [1.29, 1.82) is 0 Å². The molecular weight excluding hydrogens is 354 g/mol. The molecule has 0 aromatic rings. The van der Waals surface area contributed by atoms with Gasteiger partial charge in [-0.3, -0.25) is 4.79 Å². The van der Waals surface area contributed by atoms with E-state index in [1.54, 1.807) is 13.8 Å². The summed E-state index contributed by atoms with van der Waals surface area (Å²) in [4.78, 5) is 38.5. The Kier molecular flexibility index (Phi) is 11.4. The minimum atomic E-state index is -0.749. The van der Waals surface area contributed by atoms with Crippen molar-refractivity contribution in [1.82, 2.24) is 4.90 Å². The van der Waals surface area contributed by atoms with Gasteiger partial charge in [-0.1, -0.05) is 45.4 Å². The summed E-state index contributed by atoms with van der Waals surface area (Å²) in [5, 5.41) is -0.749. The third kappa shape index (κ3) is 7.17. The fourth-order valence-electron chi connectivity index (χ4n) is 2.99. The van der Waals surface area contributed by atoms with Gasteiger partial charge in [-0.25, -0.2) is 9.59 Å². The van der Waals surface area contributed by atoms with E-state index in [0.717, 1.165) is 19.3 Å². The van der Waals surface area contributed by atoms with Crippen LogP contribution in [0.15, 0.2) is 0 Å². The SMILES string of the molecule is CCCCCCCCCC(=O)N1C(C(=O)OCC)CSC1C(=O)OCC. The molecule has 2 unspecified atom stereocenters. The maximum absolute atomic E-state index is 12.7. The van der Waals surface area contributed by atoms with Crippen molar-refractivity contribution in [3.8, 4) is 0 Å². The number of hydrogen-bond donors (Lipinski definition) is 0. The average Bonchev–Trinajstić information content (AvgIpc) is 3.06. The molecule has 0 aliphatic carbocycles. The molecule has 7 heteroatoms. The molecule has 0 aromatic carbocycles. The topological polar surface area (TPSA) is 72.9 Å². The predicted octanol–water partition coefficient (Wildman–Crippen LogP) is 3.52. The van der Waals surface area contributed by atoms with Gasteiger partial charge in [0.1, 0.15) is 6.04 Å². The summed E-state index contributed by atoms with van der Waals surface area (Å²) in [5.74, 6) is -0.706. The maximum Gasteiger partial charge on any atom is 0.339 e. The van der Waals surface area contributed by atoms with Crippen molar-refractivity contribution in [3.63, 3.8) is 0 Å². The molecule has 1 amide bonds. The molecule has 0 bridgehead atoms. The van der Waals surface area contributed by atoms with Gasteiger partial charge in [0, 0.05) is 12.2 Å². The Balaban J connectivity index is 2.59. The zero-order chi connectivity index (χ0) is 19.4. The highest BCUT2D eigenvalue weighted by Gasteiger charge is 2.46. The molecule has 1 rings (SSSR count). The Labute approximate surface area is 161 Å². The zero-order valence-corrected chi connectivity index (χ0v) is 17.1. The number of esters is 2. The molecule has 150 valence electrons. The maximum atomic E-state index is 12.7. The number of carbonyl (C=O) groups excluding carboxylic acids is 3. The number of ether oxygens (including phenoxy) is 2. The summed E-state index contributed by atoms with van der Waals surface area (Å²) in [6.45, 7) is 6.15. The summed E-state index contributed by atoms with van der Waals surface area (Å²) in [6, 6.07) is -0.702. The predicted molar refractivity (Wildman–Crippen MR) is 103 cm³/mol. The Morgan fingerprint density at radius 2 is 1.46 bits per heavy atom. The van der Waals surface area contributed by atoms with Gasteiger partial charge in [0.25, 0.3) is 0 Å². The normalized spacial score (nSPS) is 19.4. The fraction of sp³-hybridized carbons (Fsp3) is 0.842. The first-order valence-electron chi connectivity index (χ1n) is 9.82. The first-order valence-corrected chi connectivity index (χ1v) is 10.9. The summed E-state index contributed by atoms with van der Waals surface area (Å²) < 4.78 is 10.1. The molecule has 1 aliphatic rings. The Morgan fingerprint density at radius 3 is 2.08 bits per heavy atom. The highest BCUT2D eigenvalue weighted by Crippen LogP contribution is 2.32. The van der Waals surface area contributed by atoms with Crippen molar-refractivity contribution in [2.45, 2.75) is 83.6 Å². The third-order valence-corrected chi connectivity index (χ3v) is 5.57. The summed E-state index contributed by atoms with van der Waals surface area (Å²) in [7, 11) is 0. The third-order valence-electron chi connectivity index (χ3n) is 4.33. The number of rotatable bonds is 12. The first kappa shape index (κ1) is 22.8. The zero-order valence-electron chi connectivity index (χ0n) is 16.3. The smallest absolute Gasteiger partial charge is 0.339 e. The van der Waals surface area contributed by atoms with Crippen molar-refractivity contribution in [2.24, 2.45) is 0 Å². The highest BCUT2D eigenvalue weighted by atomic mass is 32.2. The largest absolute Gasteiger partial charge is 0.464 e. The molecule has 6 nitrogen and oxygen atoms in total. The number of unbranched alkanes of at least 4 members (excludes halogenated alkanes) is 6. The molecule has 1 saturated heterocycles. The highest BCUT2D eigenvalue weighted by molar-refractivity contribution is 8.00. The van der Waals surface area contributed by atoms with E-state index in [0.29, 0.717) is 12.2 Å². The van der Waals surface area contributed by atoms with Crippen LogP contribution in [0.5, 0.6) is 0 Å². The van der Waals surface area contributed by atoms with E-state index in [-0.39, 0.29) is 19.1 Å². The quantitative estimate of drug-likeness (QED) is 0.377. The average molecular weight is 388 g/mol. The van der Waals surface area contributed by atoms with Crippen LogP contribution in [0.3, 0.4) is 0 Å².